The van der Waals surface area contributed by atoms with Gasteiger partial charge < -0.3 is 10.6 Å². The third-order valence-electron chi connectivity index (χ3n) is 2.42. The molecule has 0 aliphatic heterocycles. The number of nitrogen functional groups attached to an aromatic ring is 1. The lowest BCUT2D eigenvalue weighted by Gasteiger charge is -2.21. The molecule has 0 atom stereocenters. The van der Waals surface area contributed by atoms with E-state index in [-0.39, 0.29) is 0 Å². The van der Waals surface area contributed by atoms with Crippen LogP contribution in [0.5, 0.6) is 0 Å². The minimum atomic E-state index is 0.334. The Morgan fingerprint density at radius 3 is 2.56 bits per heavy atom. The van der Waals surface area contributed by atoms with Gasteiger partial charge in [-0.05, 0) is 18.2 Å². The van der Waals surface area contributed by atoms with E-state index in [1.54, 1.807) is 6.20 Å². The van der Waals surface area contributed by atoms with Gasteiger partial charge in [0.1, 0.15) is 0 Å². The van der Waals surface area contributed by atoms with Gasteiger partial charge in [0.2, 0.25) is 0 Å². The van der Waals surface area contributed by atoms with Crippen LogP contribution in [0.2, 0.25) is 5.15 Å². The van der Waals surface area contributed by atoms with Crippen LogP contribution in [-0.2, 0) is 0 Å². The summed E-state index contributed by atoms with van der Waals surface area (Å²) in [5, 5.41) is 0.334. The molecule has 82 valence electrons. The van der Waals surface area contributed by atoms with Crippen molar-refractivity contribution >= 4 is 28.7 Å². The molecule has 1 aromatic carbocycles. The number of pyridine rings is 1. The quantitative estimate of drug-likeness (QED) is 0.811. The molecule has 2 rings (SSSR count). The number of aromatic nitrogens is 1. The van der Waals surface area contributed by atoms with E-state index in [2.05, 4.69) is 4.98 Å². The van der Waals surface area contributed by atoms with Crippen molar-refractivity contribution in [1.82, 2.24) is 4.98 Å². The van der Waals surface area contributed by atoms with E-state index in [1.165, 1.54) is 0 Å². The first-order valence-electron chi connectivity index (χ1n) is 4.89. The molecule has 3 nitrogen and oxygen atoms in total. The second-order valence-electron chi connectivity index (χ2n) is 3.43. The van der Waals surface area contributed by atoms with Crippen molar-refractivity contribution in [2.45, 2.75) is 0 Å². The van der Waals surface area contributed by atoms with Crippen molar-refractivity contribution in [2.24, 2.45) is 0 Å². The van der Waals surface area contributed by atoms with Gasteiger partial charge in [-0.1, -0.05) is 29.8 Å². The zero-order valence-corrected chi connectivity index (χ0v) is 9.65. The zero-order chi connectivity index (χ0) is 11.5. The van der Waals surface area contributed by atoms with Gasteiger partial charge in [0.25, 0.3) is 0 Å². The van der Waals surface area contributed by atoms with Crippen molar-refractivity contribution in [3.05, 3.63) is 47.7 Å². The Labute approximate surface area is 99.5 Å². The molecule has 4 heteroatoms. The summed E-state index contributed by atoms with van der Waals surface area (Å²) in [5.41, 5.74) is 8.29. The Balaban J connectivity index is 2.42. The number of benzene rings is 1. The molecule has 2 N–H and O–H groups in total. The lowest BCUT2D eigenvalue weighted by molar-refractivity contribution is 1.19. The maximum atomic E-state index is 5.88. The average Bonchev–Trinajstić information content (AvgIpc) is 2.33. The van der Waals surface area contributed by atoms with Crippen molar-refractivity contribution in [2.75, 3.05) is 17.7 Å². The van der Waals surface area contributed by atoms with Crippen molar-refractivity contribution in [3.8, 4) is 0 Å². The molecule has 16 heavy (non-hydrogen) atoms. The number of nitrogens with zero attached hydrogens (tertiary/aromatic N) is 2. The predicted octanol–water partition coefficient (Wildman–Crippen LogP) is 3.09. The summed E-state index contributed by atoms with van der Waals surface area (Å²) in [6, 6.07) is 11.8. The zero-order valence-electron chi connectivity index (χ0n) is 8.89. The van der Waals surface area contributed by atoms with Crippen LogP contribution >= 0.6 is 11.6 Å². The number of para-hydroxylation sites is 1. The summed E-state index contributed by atoms with van der Waals surface area (Å²) >= 11 is 5.88. The Hall–Kier alpha value is -1.74. The third-order valence-corrected chi connectivity index (χ3v) is 2.72. The van der Waals surface area contributed by atoms with Crippen LogP contribution in [0.3, 0.4) is 0 Å². The highest BCUT2D eigenvalue weighted by atomic mass is 35.5. The third kappa shape index (κ3) is 1.95. The first-order chi connectivity index (χ1) is 7.70. The molecule has 0 aliphatic rings. The Kier molecular flexibility index (Phi) is 2.97. The topological polar surface area (TPSA) is 42.2 Å². The number of hydrogen-bond acceptors (Lipinski definition) is 3. The van der Waals surface area contributed by atoms with E-state index in [9.17, 15) is 0 Å². The molecule has 0 saturated carbocycles. The molecule has 2 aromatic rings. The van der Waals surface area contributed by atoms with Gasteiger partial charge in [0, 0.05) is 18.9 Å². The number of hydrogen-bond donors (Lipinski definition) is 1. The largest absolute Gasteiger partial charge is 0.395 e. The standard InChI is InChI=1S/C12H12ClN3/c1-16(9-5-3-2-4-6-9)10-7-8-15-12(13)11(10)14/h2-8H,14H2,1H3. The Morgan fingerprint density at radius 1 is 1.19 bits per heavy atom. The smallest absolute Gasteiger partial charge is 0.154 e. The van der Waals surface area contributed by atoms with Crippen LogP contribution in [0.1, 0.15) is 0 Å². The summed E-state index contributed by atoms with van der Waals surface area (Å²) in [5.74, 6) is 0. The fourth-order valence-electron chi connectivity index (χ4n) is 1.52. The Bertz CT molecular complexity index is 485. The highest BCUT2D eigenvalue weighted by Gasteiger charge is 2.09. The molecule has 0 amide bonds. The van der Waals surface area contributed by atoms with Gasteiger partial charge in [0.15, 0.2) is 5.15 Å². The Morgan fingerprint density at radius 2 is 1.88 bits per heavy atom. The fourth-order valence-corrected chi connectivity index (χ4v) is 1.67. The number of anilines is 3. The molecular formula is C12H12ClN3. The summed E-state index contributed by atoms with van der Waals surface area (Å²) < 4.78 is 0. The van der Waals surface area contributed by atoms with Gasteiger partial charge in [0.05, 0.1) is 11.4 Å². The van der Waals surface area contributed by atoms with E-state index in [4.69, 9.17) is 17.3 Å². The van der Waals surface area contributed by atoms with Gasteiger partial charge in [-0.3, -0.25) is 0 Å². The average molecular weight is 234 g/mol. The van der Waals surface area contributed by atoms with E-state index in [0.717, 1.165) is 11.4 Å². The van der Waals surface area contributed by atoms with Gasteiger partial charge in [-0.25, -0.2) is 4.98 Å². The van der Waals surface area contributed by atoms with E-state index in [1.807, 2.05) is 48.3 Å². The minimum Gasteiger partial charge on any atom is -0.395 e. The van der Waals surface area contributed by atoms with Crippen molar-refractivity contribution in [3.63, 3.8) is 0 Å². The normalized spacial score (nSPS) is 10.1. The molecule has 0 unspecified atom stereocenters. The van der Waals surface area contributed by atoms with Crippen molar-refractivity contribution < 1.29 is 0 Å². The summed E-state index contributed by atoms with van der Waals surface area (Å²) in [4.78, 5) is 5.90. The molecule has 1 heterocycles. The highest BCUT2D eigenvalue weighted by molar-refractivity contribution is 6.32. The van der Waals surface area contributed by atoms with Gasteiger partial charge in [-0.15, -0.1) is 0 Å². The lowest BCUT2D eigenvalue weighted by atomic mass is 10.2. The predicted molar refractivity (Wildman–Crippen MR) is 68.2 cm³/mol. The molecule has 0 radical (unpaired) electrons. The van der Waals surface area contributed by atoms with Crippen LogP contribution in [0.25, 0.3) is 0 Å². The van der Waals surface area contributed by atoms with Crippen LogP contribution in [0.15, 0.2) is 42.6 Å². The molecule has 1 aromatic heterocycles. The fraction of sp³-hybridized carbons (Fsp3) is 0.0833. The summed E-state index contributed by atoms with van der Waals surface area (Å²) in [6.07, 6.45) is 1.65. The molecule has 0 aliphatic carbocycles. The number of nitrogens with two attached hydrogens (primary N) is 1. The molecule has 0 fully saturated rings. The monoisotopic (exact) mass is 233 g/mol. The van der Waals surface area contributed by atoms with E-state index in [0.29, 0.717) is 10.8 Å². The second kappa shape index (κ2) is 4.41. The van der Waals surface area contributed by atoms with Crippen LogP contribution < -0.4 is 10.6 Å². The van der Waals surface area contributed by atoms with E-state index >= 15 is 0 Å². The van der Waals surface area contributed by atoms with Crippen LogP contribution in [-0.4, -0.2) is 12.0 Å². The van der Waals surface area contributed by atoms with Gasteiger partial charge in [-0.2, -0.15) is 0 Å². The van der Waals surface area contributed by atoms with Crippen LogP contribution in [0, 0.1) is 0 Å². The molecule has 0 saturated heterocycles. The first kappa shape index (κ1) is 10.8. The number of halogens is 1. The maximum Gasteiger partial charge on any atom is 0.154 e. The molecular weight excluding hydrogens is 222 g/mol. The number of rotatable bonds is 2. The first-order valence-corrected chi connectivity index (χ1v) is 5.26. The van der Waals surface area contributed by atoms with Crippen molar-refractivity contribution in [1.29, 1.82) is 0 Å². The van der Waals surface area contributed by atoms with E-state index < -0.39 is 0 Å². The second-order valence-corrected chi connectivity index (χ2v) is 3.79. The maximum absolute atomic E-state index is 5.88. The highest BCUT2D eigenvalue weighted by Crippen LogP contribution is 2.31. The summed E-state index contributed by atoms with van der Waals surface area (Å²) in [6.45, 7) is 0. The lowest BCUT2D eigenvalue weighted by Crippen LogP contribution is -2.11. The molecule has 0 bridgehead atoms. The van der Waals surface area contributed by atoms with Gasteiger partial charge >= 0.3 is 0 Å². The summed E-state index contributed by atoms with van der Waals surface area (Å²) in [7, 11) is 1.94. The molecule has 0 spiro atoms. The minimum absolute atomic E-state index is 0.334. The van der Waals surface area contributed by atoms with Crippen LogP contribution in [0.4, 0.5) is 17.1 Å². The SMILES string of the molecule is CN(c1ccccc1)c1ccnc(Cl)c1N.